The number of rotatable bonds is 4. The van der Waals surface area contributed by atoms with E-state index in [4.69, 9.17) is 4.98 Å². The van der Waals surface area contributed by atoms with E-state index >= 15 is 0 Å². The van der Waals surface area contributed by atoms with Gasteiger partial charge in [0.1, 0.15) is 0 Å². The van der Waals surface area contributed by atoms with Crippen LogP contribution in [0.2, 0.25) is 0 Å². The van der Waals surface area contributed by atoms with Crippen LogP contribution in [-0.4, -0.2) is 14.8 Å². The van der Waals surface area contributed by atoms with Crippen molar-refractivity contribution in [2.45, 2.75) is 33.7 Å². The molecule has 114 valence electrons. The van der Waals surface area contributed by atoms with Crippen molar-refractivity contribution in [3.05, 3.63) is 53.0 Å². The molecule has 2 aromatic heterocycles. The smallest absolute Gasteiger partial charge is 0.0726 e. The molecule has 0 saturated heterocycles. The second-order valence-electron chi connectivity index (χ2n) is 5.65. The molecular formula is C18H22N4. The van der Waals surface area contributed by atoms with Crippen molar-refractivity contribution in [2.75, 3.05) is 5.32 Å². The molecule has 4 heteroatoms. The highest BCUT2D eigenvalue weighted by molar-refractivity contribution is 5.93. The van der Waals surface area contributed by atoms with E-state index in [1.165, 1.54) is 27.9 Å². The maximum Gasteiger partial charge on any atom is 0.0726 e. The Kier molecular flexibility index (Phi) is 3.84. The van der Waals surface area contributed by atoms with Gasteiger partial charge in [0.2, 0.25) is 0 Å². The van der Waals surface area contributed by atoms with Gasteiger partial charge in [-0.1, -0.05) is 25.1 Å². The highest BCUT2D eigenvalue weighted by Crippen LogP contribution is 2.29. The van der Waals surface area contributed by atoms with Crippen LogP contribution >= 0.6 is 0 Å². The SMILES string of the molecule is CCc1c(C)nc2ccccc2c1NCc1cnn(C)c1C. The zero-order valence-electron chi connectivity index (χ0n) is 13.6. The van der Waals surface area contributed by atoms with Crippen LogP contribution in [0.5, 0.6) is 0 Å². The number of fused-ring (bicyclic) bond motifs is 1. The first-order valence-electron chi connectivity index (χ1n) is 7.71. The van der Waals surface area contributed by atoms with Crippen molar-refractivity contribution in [2.24, 2.45) is 7.05 Å². The number of aryl methyl sites for hydroxylation is 2. The molecule has 1 aromatic carbocycles. The molecule has 0 aliphatic carbocycles. The van der Waals surface area contributed by atoms with Gasteiger partial charge in [0.15, 0.2) is 0 Å². The minimum absolute atomic E-state index is 0.778. The van der Waals surface area contributed by atoms with Gasteiger partial charge in [0, 0.05) is 41.6 Å². The Morgan fingerprint density at radius 2 is 1.95 bits per heavy atom. The van der Waals surface area contributed by atoms with Crippen molar-refractivity contribution in [1.29, 1.82) is 0 Å². The zero-order valence-corrected chi connectivity index (χ0v) is 13.6. The molecule has 2 heterocycles. The second-order valence-corrected chi connectivity index (χ2v) is 5.65. The summed E-state index contributed by atoms with van der Waals surface area (Å²) >= 11 is 0. The Balaban J connectivity index is 2.03. The largest absolute Gasteiger partial charge is 0.380 e. The average molecular weight is 294 g/mol. The summed E-state index contributed by atoms with van der Waals surface area (Å²) in [7, 11) is 1.97. The Morgan fingerprint density at radius 1 is 1.18 bits per heavy atom. The highest BCUT2D eigenvalue weighted by Gasteiger charge is 2.12. The van der Waals surface area contributed by atoms with E-state index in [1.807, 2.05) is 24.0 Å². The maximum absolute atomic E-state index is 4.73. The minimum atomic E-state index is 0.778. The van der Waals surface area contributed by atoms with Gasteiger partial charge in [-0.05, 0) is 31.9 Å². The van der Waals surface area contributed by atoms with E-state index in [9.17, 15) is 0 Å². The number of para-hydroxylation sites is 1. The number of hydrogen-bond donors (Lipinski definition) is 1. The van der Waals surface area contributed by atoms with Crippen LogP contribution in [0.1, 0.15) is 29.4 Å². The van der Waals surface area contributed by atoms with E-state index in [0.717, 1.165) is 24.2 Å². The Hall–Kier alpha value is -2.36. The number of pyridine rings is 1. The van der Waals surface area contributed by atoms with Gasteiger partial charge in [-0.15, -0.1) is 0 Å². The van der Waals surface area contributed by atoms with Gasteiger partial charge in [-0.25, -0.2) is 0 Å². The van der Waals surface area contributed by atoms with Crippen LogP contribution in [0.15, 0.2) is 30.5 Å². The molecule has 0 spiro atoms. The Bertz CT molecular complexity index is 817. The summed E-state index contributed by atoms with van der Waals surface area (Å²) in [6.07, 6.45) is 2.90. The normalized spacial score (nSPS) is 11.1. The summed E-state index contributed by atoms with van der Waals surface area (Å²) in [6.45, 7) is 7.14. The number of nitrogens with one attached hydrogen (secondary N) is 1. The molecule has 4 nitrogen and oxygen atoms in total. The predicted molar refractivity (Wildman–Crippen MR) is 91.1 cm³/mol. The first-order chi connectivity index (χ1) is 10.6. The molecule has 0 aliphatic heterocycles. The molecule has 1 N–H and O–H groups in total. The molecule has 3 aromatic rings. The van der Waals surface area contributed by atoms with Crippen LogP contribution in [0.3, 0.4) is 0 Å². The zero-order chi connectivity index (χ0) is 15.7. The fraction of sp³-hybridized carbons (Fsp3) is 0.333. The van der Waals surface area contributed by atoms with Gasteiger partial charge in [0.25, 0.3) is 0 Å². The van der Waals surface area contributed by atoms with E-state index < -0.39 is 0 Å². The lowest BCUT2D eigenvalue weighted by Gasteiger charge is -2.16. The first-order valence-corrected chi connectivity index (χ1v) is 7.71. The minimum Gasteiger partial charge on any atom is -0.380 e. The standard InChI is InChI=1S/C18H22N4/c1-5-15-12(2)21-17-9-7-6-8-16(17)18(15)19-10-14-11-20-22(4)13(14)3/h6-9,11H,5,10H2,1-4H3,(H,19,21). The number of anilines is 1. The van der Waals surface area contributed by atoms with Crippen LogP contribution in [0.25, 0.3) is 10.9 Å². The van der Waals surface area contributed by atoms with Crippen LogP contribution in [0.4, 0.5) is 5.69 Å². The van der Waals surface area contributed by atoms with E-state index in [1.54, 1.807) is 0 Å². The number of aromatic nitrogens is 3. The second kappa shape index (κ2) is 5.79. The van der Waals surface area contributed by atoms with Crippen molar-refractivity contribution >= 4 is 16.6 Å². The van der Waals surface area contributed by atoms with Crippen molar-refractivity contribution in [1.82, 2.24) is 14.8 Å². The van der Waals surface area contributed by atoms with Crippen molar-refractivity contribution < 1.29 is 0 Å². The van der Waals surface area contributed by atoms with Gasteiger partial charge in [-0.2, -0.15) is 5.10 Å². The summed E-state index contributed by atoms with van der Waals surface area (Å²) in [6, 6.07) is 8.32. The summed E-state index contributed by atoms with van der Waals surface area (Å²) in [4.78, 5) is 4.73. The first kappa shape index (κ1) is 14.6. The number of nitrogens with zero attached hydrogens (tertiary/aromatic N) is 3. The maximum atomic E-state index is 4.73. The van der Waals surface area contributed by atoms with Crippen molar-refractivity contribution in [3.63, 3.8) is 0 Å². The van der Waals surface area contributed by atoms with Gasteiger partial charge in [0.05, 0.1) is 11.7 Å². The van der Waals surface area contributed by atoms with E-state index in [-0.39, 0.29) is 0 Å². The molecule has 22 heavy (non-hydrogen) atoms. The summed E-state index contributed by atoms with van der Waals surface area (Å²) in [5.41, 5.74) is 7.06. The molecular weight excluding hydrogens is 272 g/mol. The third-order valence-electron chi connectivity index (χ3n) is 4.35. The third kappa shape index (κ3) is 2.45. The summed E-state index contributed by atoms with van der Waals surface area (Å²) in [5, 5.41) is 9.13. The van der Waals surface area contributed by atoms with Crippen LogP contribution < -0.4 is 5.32 Å². The lowest BCUT2D eigenvalue weighted by atomic mass is 10.0. The summed E-state index contributed by atoms with van der Waals surface area (Å²) < 4.78 is 1.91. The molecule has 0 amide bonds. The highest BCUT2D eigenvalue weighted by atomic mass is 15.3. The van der Waals surface area contributed by atoms with E-state index in [0.29, 0.717) is 0 Å². The fourth-order valence-electron chi connectivity index (χ4n) is 2.91. The summed E-state index contributed by atoms with van der Waals surface area (Å²) in [5.74, 6) is 0. The molecule has 0 atom stereocenters. The topological polar surface area (TPSA) is 42.7 Å². The van der Waals surface area contributed by atoms with Gasteiger partial charge in [-0.3, -0.25) is 9.67 Å². The monoisotopic (exact) mass is 294 g/mol. The van der Waals surface area contributed by atoms with Crippen LogP contribution in [0, 0.1) is 13.8 Å². The van der Waals surface area contributed by atoms with Crippen LogP contribution in [-0.2, 0) is 20.0 Å². The third-order valence-corrected chi connectivity index (χ3v) is 4.35. The molecule has 0 unspecified atom stereocenters. The lowest BCUT2D eigenvalue weighted by Crippen LogP contribution is -2.06. The molecule has 0 saturated carbocycles. The predicted octanol–water partition coefficient (Wildman–Crippen LogP) is 3.76. The molecule has 0 bridgehead atoms. The number of hydrogen-bond acceptors (Lipinski definition) is 3. The molecule has 0 fully saturated rings. The lowest BCUT2D eigenvalue weighted by molar-refractivity contribution is 0.738. The van der Waals surface area contributed by atoms with Gasteiger partial charge >= 0.3 is 0 Å². The van der Waals surface area contributed by atoms with Crippen molar-refractivity contribution in [3.8, 4) is 0 Å². The van der Waals surface area contributed by atoms with Gasteiger partial charge < -0.3 is 5.32 Å². The Morgan fingerprint density at radius 3 is 2.64 bits per heavy atom. The van der Waals surface area contributed by atoms with E-state index in [2.05, 4.69) is 49.4 Å². The fourth-order valence-corrected chi connectivity index (χ4v) is 2.91. The molecule has 0 radical (unpaired) electrons. The average Bonchev–Trinajstić information content (AvgIpc) is 2.84. The quantitative estimate of drug-likeness (QED) is 0.796. The Labute approximate surface area is 131 Å². The molecule has 3 rings (SSSR count). The molecule has 0 aliphatic rings. The number of benzene rings is 1.